The summed E-state index contributed by atoms with van der Waals surface area (Å²) in [5, 5.41) is 4.23. The van der Waals surface area contributed by atoms with E-state index in [1.165, 1.54) is 12.8 Å². The lowest BCUT2D eigenvalue weighted by Gasteiger charge is -2.12. The topological polar surface area (TPSA) is 21.3 Å². The maximum absolute atomic E-state index is 6.23. The summed E-state index contributed by atoms with van der Waals surface area (Å²) in [6, 6.07) is 6.46. The van der Waals surface area contributed by atoms with Crippen molar-refractivity contribution in [1.29, 1.82) is 0 Å². The van der Waals surface area contributed by atoms with Gasteiger partial charge in [-0.15, -0.1) is 11.8 Å². The largest absolute Gasteiger partial charge is 0.492 e. The Kier molecular flexibility index (Phi) is 4.92. The lowest BCUT2D eigenvalue weighted by atomic mass is 10.2. The molecule has 0 radical (unpaired) electrons. The summed E-state index contributed by atoms with van der Waals surface area (Å²) in [7, 11) is 0. The molecule has 0 heterocycles. The van der Waals surface area contributed by atoms with E-state index in [1.54, 1.807) is 0 Å². The molecule has 0 atom stereocenters. The lowest BCUT2D eigenvalue weighted by molar-refractivity contribution is 0.323. The molecule has 0 bridgehead atoms. The number of nitrogens with one attached hydrogen (secondary N) is 1. The number of hydrogen-bond acceptors (Lipinski definition) is 2. The third-order valence-corrected chi connectivity index (χ3v) is 3.24. The molecule has 0 unspecified atom stereocenters. The second-order valence-electron chi connectivity index (χ2n) is 4.40. The molecule has 1 aromatic carbocycles. The first-order valence-corrected chi connectivity index (χ1v) is 6.72. The zero-order valence-corrected chi connectivity index (χ0v) is 11.4. The number of halogens is 1. The Morgan fingerprint density at radius 2 is 2.28 bits per heavy atom. The number of hydrogen-bond donors (Lipinski definition) is 1. The van der Waals surface area contributed by atoms with Crippen LogP contribution in [0.25, 0.3) is 0 Å². The SMILES string of the molecule is CC#CCCOc1cccc(Cl)c1CNC1CC1. The van der Waals surface area contributed by atoms with Crippen molar-refractivity contribution in [3.05, 3.63) is 28.8 Å². The van der Waals surface area contributed by atoms with Gasteiger partial charge in [-0.1, -0.05) is 17.7 Å². The van der Waals surface area contributed by atoms with Crippen molar-refractivity contribution in [2.75, 3.05) is 6.61 Å². The third kappa shape index (κ3) is 3.94. The molecular formula is C15H18ClNO. The summed E-state index contributed by atoms with van der Waals surface area (Å²) in [5.74, 6) is 6.72. The predicted molar refractivity (Wildman–Crippen MR) is 74.9 cm³/mol. The van der Waals surface area contributed by atoms with E-state index >= 15 is 0 Å². The highest BCUT2D eigenvalue weighted by molar-refractivity contribution is 6.31. The van der Waals surface area contributed by atoms with Crippen LogP contribution in [0, 0.1) is 11.8 Å². The van der Waals surface area contributed by atoms with Crippen molar-refractivity contribution in [2.24, 2.45) is 0 Å². The van der Waals surface area contributed by atoms with E-state index in [2.05, 4.69) is 17.2 Å². The second kappa shape index (κ2) is 6.68. The van der Waals surface area contributed by atoms with E-state index in [9.17, 15) is 0 Å². The van der Waals surface area contributed by atoms with Crippen LogP contribution in [0.3, 0.4) is 0 Å². The van der Waals surface area contributed by atoms with Gasteiger partial charge < -0.3 is 10.1 Å². The van der Waals surface area contributed by atoms with Crippen LogP contribution in [0.4, 0.5) is 0 Å². The minimum absolute atomic E-state index is 0.609. The zero-order chi connectivity index (χ0) is 12.8. The van der Waals surface area contributed by atoms with Crippen LogP contribution in [-0.2, 0) is 6.54 Å². The maximum atomic E-state index is 6.23. The van der Waals surface area contributed by atoms with Crippen molar-refractivity contribution < 1.29 is 4.74 Å². The molecule has 96 valence electrons. The first-order chi connectivity index (χ1) is 8.81. The van der Waals surface area contributed by atoms with Gasteiger partial charge in [0.1, 0.15) is 5.75 Å². The van der Waals surface area contributed by atoms with Crippen molar-refractivity contribution in [1.82, 2.24) is 5.32 Å². The Balaban J connectivity index is 1.96. The van der Waals surface area contributed by atoms with Crippen LogP contribution >= 0.6 is 11.6 Å². The minimum atomic E-state index is 0.609. The molecule has 3 heteroatoms. The summed E-state index contributed by atoms with van der Waals surface area (Å²) < 4.78 is 5.75. The highest BCUT2D eigenvalue weighted by atomic mass is 35.5. The average Bonchev–Trinajstić information content (AvgIpc) is 3.18. The monoisotopic (exact) mass is 263 g/mol. The number of ether oxygens (including phenoxy) is 1. The molecule has 0 aromatic heterocycles. The van der Waals surface area contributed by atoms with Gasteiger partial charge in [-0.3, -0.25) is 0 Å². The molecule has 0 saturated heterocycles. The number of benzene rings is 1. The highest BCUT2D eigenvalue weighted by Gasteiger charge is 2.21. The molecule has 1 aliphatic rings. The first-order valence-electron chi connectivity index (χ1n) is 6.34. The molecule has 1 N–H and O–H groups in total. The molecule has 1 fully saturated rings. The maximum Gasteiger partial charge on any atom is 0.125 e. The Morgan fingerprint density at radius 3 is 3.00 bits per heavy atom. The summed E-state index contributed by atoms with van der Waals surface area (Å²) in [6.07, 6.45) is 3.29. The zero-order valence-electron chi connectivity index (χ0n) is 10.6. The van der Waals surface area contributed by atoms with Gasteiger partial charge in [-0.05, 0) is 31.9 Å². The van der Waals surface area contributed by atoms with Crippen LogP contribution in [0.1, 0.15) is 31.7 Å². The Labute approximate surface area is 114 Å². The van der Waals surface area contributed by atoms with Gasteiger partial charge in [-0.2, -0.15) is 0 Å². The van der Waals surface area contributed by atoms with E-state index in [-0.39, 0.29) is 0 Å². The highest BCUT2D eigenvalue weighted by Crippen LogP contribution is 2.28. The minimum Gasteiger partial charge on any atom is -0.492 e. The van der Waals surface area contributed by atoms with Gasteiger partial charge in [0.2, 0.25) is 0 Å². The van der Waals surface area contributed by atoms with E-state index in [0.717, 1.165) is 29.3 Å². The fraction of sp³-hybridized carbons (Fsp3) is 0.467. The van der Waals surface area contributed by atoms with Gasteiger partial charge in [0.25, 0.3) is 0 Å². The molecule has 1 aromatic rings. The Bertz CT molecular complexity index is 457. The molecule has 18 heavy (non-hydrogen) atoms. The van der Waals surface area contributed by atoms with Crippen molar-refractivity contribution in [3.8, 4) is 17.6 Å². The Morgan fingerprint density at radius 1 is 1.44 bits per heavy atom. The van der Waals surface area contributed by atoms with Crippen molar-refractivity contribution >= 4 is 11.6 Å². The quantitative estimate of drug-likeness (QED) is 0.628. The molecular weight excluding hydrogens is 246 g/mol. The van der Waals surface area contributed by atoms with Gasteiger partial charge in [0.05, 0.1) is 6.61 Å². The third-order valence-electron chi connectivity index (χ3n) is 2.88. The summed E-state index contributed by atoms with van der Waals surface area (Å²) in [4.78, 5) is 0. The van der Waals surface area contributed by atoms with Crippen molar-refractivity contribution in [2.45, 2.75) is 38.8 Å². The normalized spacial score (nSPS) is 13.9. The van der Waals surface area contributed by atoms with Gasteiger partial charge >= 0.3 is 0 Å². The summed E-state index contributed by atoms with van der Waals surface area (Å²) in [6.45, 7) is 3.22. The van der Waals surface area contributed by atoms with Crippen molar-refractivity contribution in [3.63, 3.8) is 0 Å². The smallest absolute Gasteiger partial charge is 0.125 e. The summed E-state index contributed by atoms with van der Waals surface area (Å²) in [5.41, 5.74) is 1.05. The predicted octanol–water partition coefficient (Wildman–Crippen LogP) is 3.38. The Hall–Kier alpha value is -1.17. The lowest BCUT2D eigenvalue weighted by Crippen LogP contribution is -2.16. The molecule has 2 rings (SSSR count). The van der Waals surface area contributed by atoms with E-state index in [0.29, 0.717) is 12.6 Å². The van der Waals surface area contributed by atoms with Crippen LogP contribution in [0.5, 0.6) is 5.75 Å². The first kappa shape index (κ1) is 13.3. The summed E-state index contributed by atoms with van der Waals surface area (Å²) >= 11 is 6.23. The molecule has 0 aliphatic heterocycles. The molecule has 1 aliphatic carbocycles. The molecule has 1 saturated carbocycles. The van der Waals surface area contributed by atoms with Gasteiger partial charge in [0.15, 0.2) is 0 Å². The fourth-order valence-electron chi connectivity index (χ4n) is 1.72. The van der Waals surface area contributed by atoms with Gasteiger partial charge in [-0.25, -0.2) is 0 Å². The van der Waals surface area contributed by atoms with E-state index < -0.39 is 0 Å². The standard InChI is InChI=1S/C15H18ClNO/c1-2-3-4-10-18-15-7-5-6-14(16)13(15)11-17-12-8-9-12/h5-7,12,17H,4,8-11H2,1H3. The van der Waals surface area contributed by atoms with Crippen LogP contribution in [0.15, 0.2) is 18.2 Å². The molecule has 0 amide bonds. The van der Waals surface area contributed by atoms with Crippen LogP contribution in [0.2, 0.25) is 5.02 Å². The van der Waals surface area contributed by atoms with Crippen LogP contribution < -0.4 is 10.1 Å². The van der Waals surface area contributed by atoms with Gasteiger partial charge in [0, 0.05) is 29.6 Å². The van der Waals surface area contributed by atoms with E-state index in [1.807, 2.05) is 25.1 Å². The average molecular weight is 264 g/mol. The van der Waals surface area contributed by atoms with Crippen LogP contribution in [-0.4, -0.2) is 12.6 Å². The number of rotatable bonds is 6. The fourth-order valence-corrected chi connectivity index (χ4v) is 1.95. The molecule has 0 spiro atoms. The second-order valence-corrected chi connectivity index (χ2v) is 4.80. The molecule has 2 nitrogen and oxygen atoms in total. The van der Waals surface area contributed by atoms with E-state index in [4.69, 9.17) is 16.3 Å².